The first-order valence-electron chi connectivity index (χ1n) is 9.67. The summed E-state index contributed by atoms with van der Waals surface area (Å²) in [7, 11) is -2.47. The molecule has 0 N–H and O–H groups in total. The lowest BCUT2D eigenvalue weighted by molar-refractivity contribution is 0.255. The molecule has 2 aromatic carbocycles. The van der Waals surface area contributed by atoms with Gasteiger partial charge in [0.25, 0.3) is 8.32 Å². The maximum atomic E-state index is 6.92. The number of halogens is 1. The number of hydrogen-bond acceptors (Lipinski definition) is 3. The van der Waals surface area contributed by atoms with E-state index in [2.05, 4.69) is 114 Å². The minimum Gasteiger partial charge on any atom is -0.407 e. The van der Waals surface area contributed by atoms with Crippen LogP contribution in [-0.2, 0) is 4.43 Å². The van der Waals surface area contributed by atoms with Gasteiger partial charge in [-0.05, 0) is 44.7 Å². The molecule has 148 valence electrons. The van der Waals surface area contributed by atoms with E-state index in [1.807, 2.05) is 0 Å². The summed E-state index contributed by atoms with van der Waals surface area (Å²) in [6.45, 7) is 9.69. The Morgan fingerprint density at radius 1 is 1.00 bits per heavy atom. The Hall–Kier alpha value is -1.76. The smallest absolute Gasteiger partial charge is 0.261 e. The first-order chi connectivity index (χ1) is 13.3. The summed E-state index contributed by atoms with van der Waals surface area (Å²) in [5.41, 5.74) is 0. The van der Waals surface area contributed by atoms with E-state index in [0.29, 0.717) is 6.61 Å². The van der Waals surface area contributed by atoms with Gasteiger partial charge in [0.2, 0.25) is 0 Å². The summed E-state index contributed by atoms with van der Waals surface area (Å²) >= 11 is 3.37. The standard InChI is InChI=1S/C22H28BrN3OSi/c1-18(26-24-17-21(23)25-26)15-16-27-28(22(2,3)4,19-11-7-5-8-12-19)20-13-9-6-10-14-20/h5-14,17-18H,15-16H2,1-4H3/t18-/m1/s1. The third kappa shape index (κ3) is 4.29. The molecule has 6 heteroatoms. The first kappa shape index (κ1) is 21.0. The van der Waals surface area contributed by atoms with E-state index in [9.17, 15) is 0 Å². The Morgan fingerprint density at radius 3 is 1.96 bits per heavy atom. The van der Waals surface area contributed by atoms with Crippen molar-refractivity contribution in [3.05, 3.63) is 71.5 Å². The van der Waals surface area contributed by atoms with E-state index >= 15 is 0 Å². The van der Waals surface area contributed by atoms with Crippen LogP contribution in [0.5, 0.6) is 0 Å². The van der Waals surface area contributed by atoms with E-state index in [1.165, 1.54) is 10.4 Å². The monoisotopic (exact) mass is 457 g/mol. The average Bonchev–Trinajstić information content (AvgIpc) is 3.12. The van der Waals surface area contributed by atoms with Crippen molar-refractivity contribution in [2.45, 2.75) is 45.2 Å². The van der Waals surface area contributed by atoms with Crippen LogP contribution in [0.2, 0.25) is 5.04 Å². The van der Waals surface area contributed by atoms with Crippen LogP contribution in [-0.4, -0.2) is 29.9 Å². The molecule has 1 aromatic heterocycles. The number of hydrogen-bond donors (Lipinski definition) is 0. The fourth-order valence-corrected chi connectivity index (χ4v) is 8.56. The lowest BCUT2D eigenvalue weighted by Gasteiger charge is -2.43. The number of benzene rings is 2. The Morgan fingerprint density at radius 2 is 1.54 bits per heavy atom. The average molecular weight is 458 g/mol. The van der Waals surface area contributed by atoms with Crippen LogP contribution in [0.25, 0.3) is 0 Å². The Kier molecular flexibility index (Phi) is 6.53. The topological polar surface area (TPSA) is 39.9 Å². The molecule has 4 nitrogen and oxygen atoms in total. The van der Waals surface area contributed by atoms with E-state index in [1.54, 1.807) is 11.0 Å². The molecule has 0 amide bonds. The number of aromatic nitrogens is 3. The fraction of sp³-hybridized carbons (Fsp3) is 0.364. The van der Waals surface area contributed by atoms with E-state index in [4.69, 9.17) is 4.43 Å². The molecule has 0 aliphatic heterocycles. The van der Waals surface area contributed by atoms with Gasteiger partial charge in [-0.15, -0.1) is 5.10 Å². The Balaban J connectivity index is 1.92. The van der Waals surface area contributed by atoms with Crippen LogP contribution >= 0.6 is 15.9 Å². The van der Waals surface area contributed by atoms with Crippen LogP contribution in [0.3, 0.4) is 0 Å². The van der Waals surface area contributed by atoms with E-state index < -0.39 is 8.32 Å². The molecule has 0 fully saturated rings. The molecule has 0 saturated heterocycles. The zero-order valence-electron chi connectivity index (χ0n) is 17.0. The summed E-state index contributed by atoms with van der Waals surface area (Å²) in [5.74, 6) is 0. The third-order valence-electron chi connectivity index (χ3n) is 5.15. The highest BCUT2D eigenvalue weighted by Gasteiger charge is 2.50. The van der Waals surface area contributed by atoms with Gasteiger partial charge in [0, 0.05) is 6.61 Å². The van der Waals surface area contributed by atoms with Gasteiger partial charge in [0.15, 0.2) is 0 Å². The molecule has 0 aliphatic rings. The lowest BCUT2D eigenvalue weighted by atomic mass is 10.2. The molecule has 1 heterocycles. The van der Waals surface area contributed by atoms with Gasteiger partial charge in [-0.1, -0.05) is 81.4 Å². The minimum absolute atomic E-state index is 0.00801. The van der Waals surface area contributed by atoms with Gasteiger partial charge in [-0.25, -0.2) is 0 Å². The van der Waals surface area contributed by atoms with Crippen molar-refractivity contribution in [3.8, 4) is 0 Å². The van der Waals surface area contributed by atoms with E-state index in [0.717, 1.165) is 11.0 Å². The number of rotatable bonds is 7. The molecule has 1 atom stereocenters. The van der Waals surface area contributed by atoms with Crippen molar-refractivity contribution in [1.29, 1.82) is 0 Å². The second-order valence-electron chi connectivity index (χ2n) is 8.14. The highest BCUT2D eigenvalue weighted by molar-refractivity contribution is 9.10. The largest absolute Gasteiger partial charge is 0.407 e. The third-order valence-corrected chi connectivity index (χ3v) is 10.6. The molecule has 3 aromatic rings. The predicted octanol–water partition coefficient (Wildman–Crippen LogP) is 4.57. The van der Waals surface area contributed by atoms with Crippen LogP contribution in [0.4, 0.5) is 0 Å². The SMILES string of the molecule is C[C@H](CCO[Si](c1ccccc1)(c1ccccc1)C(C)(C)C)n1ncc(Br)n1. The highest BCUT2D eigenvalue weighted by atomic mass is 79.9. The molecule has 0 spiro atoms. The van der Waals surface area contributed by atoms with Gasteiger partial charge < -0.3 is 4.43 Å². The maximum Gasteiger partial charge on any atom is 0.261 e. The van der Waals surface area contributed by atoms with Crippen LogP contribution < -0.4 is 10.4 Å². The predicted molar refractivity (Wildman–Crippen MR) is 121 cm³/mol. The lowest BCUT2D eigenvalue weighted by Crippen LogP contribution is -2.66. The Labute approximate surface area is 177 Å². The second-order valence-corrected chi connectivity index (χ2v) is 13.3. The van der Waals surface area contributed by atoms with Crippen molar-refractivity contribution in [1.82, 2.24) is 15.0 Å². The zero-order valence-corrected chi connectivity index (χ0v) is 19.6. The number of nitrogens with zero attached hydrogens (tertiary/aromatic N) is 3. The van der Waals surface area contributed by atoms with Crippen LogP contribution in [0.15, 0.2) is 71.5 Å². The summed E-state index contributed by atoms with van der Waals surface area (Å²) in [6, 6.07) is 21.7. The van der Waals surface area contributed by atoms with Gasteiger partial charge in [-0.2, -0.15) is 9.90 Å². The van der Waals surface area contributed by atoms with E-state index in [-0.39, 0.29) is 11.1 Å². The van der Waals surface area contributed by atoms with Crippen molar-refractivity contribution >= 4 is 34.6 Å². The summed E-state index contributed by atoms with van der Waals surface area (Å²) in [5, 5.41) is 11.3. The van der Waals surface area contributed by atoms with Crippen molar-refractivity contribution < 1.29 is 4.43 Å². The van der Waals surface area contributed by atoms with Gasteiger partial charge in [0.05, 0.1) is 12.2 Å². The molecule has 0 aliphatic carbocycles. The van der Waals surface area contributed by atoms with Gasteiger partial charge in [0.1, 0.15) is 4.60 Å². The van der Waals surface area contributed by atoms with Gasteiger partial charge >= 0.3 is 0 Å². The molecular formula is C22H28BrN3OSi. The quantitative estimate of drug-likeness (QED) is 0.487. The molecule has 28 heavy (non-hydrogen) atoms. The molecule has 0 saturated carbocycles. The summed E-state index contributed by atoms with van der Waals surface area (Å²) in [6.07, 6.45) is 2.57. The maximum absolute atomic E-state index is 6.92. The molecule has 0 bridgehead atoms. The Bertz CT molecular complexity index is 838. The highest BCUT2D eigenvalue weighted by Crippen LogP contribution is 2.37. The van der Waals surface area contributed by atoms with Gasteiger partial charge in [-0.3, -0.25) is 0 Å². The molecule has 0 radical (unpaired) electrons. The summed E-state index contributed by atoms with van der Waals surface area (Å²) in [4.78, 5) is 1.75. The van der Waals surface area contributed by atoms with Crippen molar-refractivity contribution in [2.24, 2.45) is 0 Å². The minimum atomic E-state index is -2.47. The fourth-order valence-electron chi connectivity index (χ4n) is 3.73. The zero-order chi connectivity index (χ0) is 20.2. The normalized spacial score (nSPS) is 13.5. The van der Waals surface area contributed by atoms with Crippen LogP contribution in [0, 0.1) is 0 Å². The second kappa shape index (κ2) is 8.72. The van der Waals surface area contributed by atoms with Crippen LogP contribution in [0.1, 0.15) is 40.2 Å². The van der Waals surface area contributed by atoms with Crippen molar-refractivity contribution in [2.75, 3.05) is 6.61 Å². The molecule has 3 rings (SSSR count). The molecule has 0 unspecified atom stereocenters. The summed E-state index contributed by atoms with van der Waals surface area (Å²) < 4.78 is 7.68. The van der Waals surface area contributed by atoms with Crippen molar-refractivity contribution in [3.63, 3.8) is 0 Å². The molecular weight excluding hydrogens is 430 g/mol. The first-order valence-corrected chi connectivity index (χ1v) is 12.4.